The first-order chi connectivity index (χ1) is 12.2. The lowest BCUT2D eigenvalue weighted by Crippen LogP contribution is -2.47. The molecular weight excluding hydrogens is 352 g/mol. The van der Waals surface area contributed by atoms with Gasteiger partial charge < -0.3 is 13.3 Å². The van der Waals surface area contributed by atoms with E-state index in [1.54, 1.807) is 21.3 Å². The van der Waals surface area contributed by atoms with E-state index in [9.17, 15) is 0 Å². The summed E-state index contributed by atoms with van der Waals surface area (Å²) in [6, 6.07) is 0. The molecule has 0 rings (SSSR count). The molecule has 0 spiro atoms. The van der Waals surface area contributed by atoms with Crippen LogP contribution in [0.25, 0.3) is 0 Å². The zero-order valence-electron chi connectivity index (χ0n) is 17.3. The van der Waals surface area contributed by atoms with E-state index in [4.69, 9.17) is 24.9 Å². The summed E-state index contributed by atoms with van der Waals surface area (Å²) in [4.78, 5) is 0. The van der Waals surface area contributed by atoms with Crippen LogP contribution in [0.5, 0.6) is 0 Å². The van der Waals surface area contributed by atoms with Crippen molar-refractivity contribution in [3.63, 3.8) is 0 Å². The van der Waals surface area contributed by atoms with Gasteiger partial charge in [-0.25, -0.2) is 0 Å². The molecule has 0 N–H and O–H groups in total. The van der Waals surface area contributed by atoms with Gasteiger partial charge >= 0.3 is 8.80 Å². The predicted octanol–water partition coefficient (Wildman–Crippen LogP) is 6.95. The third-order valence-electron chi connectivity index (χ3n) is 5.22. The molecule has 5 heteroatoms. The molecule has 0 aliphatic heterocycles. The molecule has 152 valence electrons. The van der Waals surface area contributed by atoms with E-state index in [0.717, 1.165) is 12.8 Å². The van der Waals surface area contributed by atoms with Gasteiger partial charge in [-0.15, -0.1) is 11.6 Å². The average Bonchev–Trinajstić information content (AvgIpc) is 2.64. The molecule has 0 aromatic carbocycles. The van der Waals surface area contributed by atoms with Gasteiger partial charge in [0.05, 0.1) is 0 Å². The lowest BCUT2D eigenvalue weighted by atomic mass is 10.0. The van der Waals surface area contributed by atoms with Crippen molar-refractivity contribution in [1.82, 2.24) is 0 Å². The zero-order chi connectivity index (χ0) is 18.8. The molecule has 0 amide bonds. The molecule has 0 aromatic rings. The van der Waals surface area contributed by atoms with Crippen molar-refractivity contribution in [2.45, 2.75) is 102 Å². The van der Waals surface area contributed by atoms with Crippen LogP contribution in [0.1, 0.15) is 96.8 Å². The van der Waals surface area contributed by atoms with Gasteiger partial charge in [-0.2, -0.15) is 0 Å². The van der Waals surface area contributed by atoms with Gasteiger partial charge in [-0.3, -0.25) is 0 Å². The zero-order valence-corrected chi connectivity index (χ0v) is 19.0. The fourth-order valence-corrected chi connectivity index (χ4v) is 6.61. The van der Waals surface area contributed by atoms with Crippen molar-refractivity contribution in [3.8, 4) is 0 Å². The van der Waals surface area contributed by atoms with Crippen LogP contribution in [0.3, 0.4) is 0 Å². The summed E-state index contributed by atoms with van der Waals surface area (Å²) in [7, 11) is 2.54. The van der Waals surface area contributed by atoms with Crippen LogP contribution in [0, 0.1) is 0 Å². The molecule has 25 heavy (non-hydrogen) atoms. The normalized spacial score (nSPS) is 13.3. The summed E-state index contributed by atoms with van der Waals surface area (Å²) >= 11 is 5.98. The van der Waals surface area contributed by atoms with E-state index in [2.05, 4.69) is 6.92 Å². The van der Waals surface area contributed by atoms with Gasteiger partial charge in [0, 0.05) is 32.8 Å². The monoisotopic (exact) mass is 394 g/mol. The molecule has 0 bridgehead atoms. The molecule has 0 radical (unpaired) electrons. The fraction of sp³-hybridized carbons (Fsp3) is 1.00. The molecule has 0 saturated heterocycles. The topological polar surface area (TPSA) is 27.7 Å². The van der Waals surface area contributed by atoms with Crippen molar-refractivity contribution in [3.05, 3.63) is 0 Å². The second kappa shape index (κ2) is 17.8. The van der Waals surface area contributed by atoms with Gasteiger partial charge in [-0.05, 0) is 12.8 Å². The minimum absolute atomic E-state index is 0.313. The van der Waals surface area contributed by atoms with Crippen LogP contribution < -0.4 is 0 Å². The van der Waals surface area contributed by atoms with Crippen molar-refractivity contribution >= 4 is 20.4 Å². The number of unbranched alkanes of at least 4 members (excludes halogenated alkanes) is 11. The summed E-state index contributed by atoms with van der Waals surface area (Å²) < 4.78 is 16.9. The highest BCUT2D eigenvalue weighted by Gasteiger charge is 2.46. The highest BCUT2D eigenvalue weighted by Crippen LogP contribution is 2.33. The summed E-state index contributed by atoms with van der Waals surface area (Å²) in [6.45, 7) is 2.28. The average molecular weight is 395 g/mol. The largest absolute Gasteiger partial charge is 0.503 e. The minimum Gasteiger partial charge on any atom is -0.377 e. The Bertz CT molecular complexity index is 267. The highest BCUT2D eigenvalue weighted by atomic mass is 35.5. The Morgan fingerprint density at radius 3 is 1.40 bits per heavy atom. The van der Waals surface area contributed by atoms with E-state index in [1.807, 2.05) is 0 Å². The molecule has 3 nitrogen and oxygen atoms in total. The lowest BCUT2D eigenvalue weighted by Gasteiger charge is -2.32. The third kappa shape index (κ3) is 11.7. The summed E-state index contributed by atoms with van der Waals surface area (Å²) in [6.07, 6.45) is 18.5. The summed E-state index contributed by atoms with van der Waals surface area (Å²) in [5.74, 6) is 0.633. The molecule has 0 saturated carbocycles. The van der Waals surface area contributed by atoms with Crippen LogP contribution >= 0.6 is 11.6 Å². The molecule has 0 heterocycles. The highest BCUT2D eigenvalue weighted by molar-refractivity contribution is 6.62. The van der Waals surface area contributed by atoms with E-state index >= 15 is 0 Å². The van der Waals surface area contributed by atoms with Crippen molar-refractivity contribution in [1.29, 1.82) is 0 Å². The minimum atomic E-state index is -2.55. The Morgan fingerprint density at radius 2 is 1.04 bits per heavy atom. The summed E-state index contributed by atoms with van der Waals surface area (Å²) in [5.41, 5.74) is 0.313. The maximum absolute atomic E-state index is 5.98. The quantitative estimate of drug-likeness (QED) is 0.135. The molecule has 1 unspecified atom stereocenters. The van der Waals surface area contributed by atoms with Gasteiger partial charge in [0.1, 0.15) is 0 Å². The Labute approximate surface area is 163 Å². The standard InChI is InChI=1S/C20H43ClO3Si/c1-5-6-7-8-9-10-11-12-13-14-15-16-17-20(18-19-21)25(22-2,23-3)24-4/h20H,5-19H2,1-4H3. The SMILES string of the molecule is CCCCCCCCCCCCCCC(CCCl)[Si](OC)(OC)OC. The van der Waals surface area contributed by atoms with Gasteiger partial charge in [0.15, 0.2) is 0 Å². The maximum Gasteiger partial charge on any atom is 0.503 e. The van der Waals surface area contributed by atoms with E-state index in [1.165, 1.54) is 77.0 Å². The molecule has 0 fully saturated rings. The third-order valence-corrected chi connectivity index (χ3v) is 8.72. The van der Waals surface area contributed by atoms with Crippen molar-refractivity contribution in [2.75, 3.05) is 27.2 Å². The van der Waals surface area contributed by atoms with Crippen LogP contribution in [0.4, 0.5) is 0 Å². The number of hydrogen-bond donors (Lipinski definition) is 0. The number of rotatable bonds is 19. The van der Waals surface area contributed by atoms with E-state index in [-0.39, 0.29) is 0 Å². The Hall–Kier alpha value is 0.387. The van der Waals surface area contributed by atoms with Crippen LogP contribution in [0.15, 0.2) is 0 Å². The Kier molecular flexibility index (Phi) is 18.1. The fourth-order valence-electron chi connectivity index (χ4n) is 3.61. The molecular formula is C20H43ClO3Si. The molecule has 0 aromatic heterocycles. The number of halogens is 1. The smallest absolute Gasteiger partial charge is 0.377 e. The van der Waals surface area contributed by atoms with Crippen molar-refractivity contribution in [2.24, 2.45) is 0 Å². The van der Waals surface area contributed by atoms with E-state index < -0.39 is 8.80 Å². The second-order valence-corrected chi connectivity index (χ2v) is 10.7. The molecule has 1 atom stereocenters. The number of alkyl halides is 1. The second-order valence-electron chi connectivity index (χ2n) is 7.07. The molecule has 0 aliphatic rings. The molecule has 0 aliphatic carbocycles. The van der Waals surface area contributed by atoms with Gasteiger partial charge in [0.2, 0.25) is 0 Å². The van der Waals surface area contributed by atoms with Crippen LogP contribution in [-0.4, -0.2) is 36.0 Å². The maximum atomic E-state index is 5.98. The van der Waals surface area contributed by atoms with E-state index in [0.29, 0.717) is 11.4 Å². The van der Waals surface area contributed by atoms with Crippen LogP contribution in [0.2, 0.25) is 5.54 Å². The van der Waals surface area contributed by atoms with Gasteiger partial charge in [-0.1, -0.05) is 84.0 Å². The van der Waals surface area contributed by atoms with Crippen molar-refractivity contribution < 1.29 is 13.3 Å². The first-order valence-electron chi connectivity index (χ1n) is 10.4. The Balaban J connectivity index is 3.72. The van der Waals surface area contributed by atoms with Gasteiger partial charge in [0.25, 0.3) is 0 Å². The number of hydrogen-bond acceptors (Lipinski definition) is 3. The predicted molar refractivity (Wildman–Crippen MR) is 112 cm³/mol. The first kappa shape index (κ1) is 25.4. The lowest BCUT2D eigenvalue weighted by molar-refractivity contribution is 0.108. The Morgan fingerprint density at radius 1 is 0.640 bits per heavy atom. The first-order valence-corrected chi connectivity index (χ1v) is 12.8. The van der Waals surface area contributed by atoms with Crippen LogP contribution in [-0.2, 0) is 13.3 Å². The summed E-state index contributed by atoms with van der Waals surface area (Å²) in [5, 5.41) is 0.